The number of Topliss-reactive ketones (excluding diaryl/α,β-unsaturated/α-hetero) is 1. The fourth-order valence-corrected chi connectivity index (χ4v) is 1.79. The van der Waals surface area contributed by atoms with Gasteiger partial charge in [0.2, 0.25) is 0 Å². The molecule has 1 unspecified atom stereocenters. The van der Waals surface area contributed by atoms with Gasteiger partial charge in [-0.3, -0.25) is 9.69 Å². The average Bonchev–Trinajstić information content (AvgIpc) is 1.94. The lowest BCUT2D eigenvalue weighted by Crippen LogP contribution is -2.46. The molecule has 1 rings (SSSR count). The molecular weight excluding hydrogens is 166 g/mol. The van der Waals surface area contributed by atoms with Crippen molar-refractivity contribution in [2.24, 2.45) is 5.92 Å². The van der Waals surface area contributed by atoms with Crippen LogP contribution in [0.5, 0.6) is 0 Å². The fourth-order valence-electron chi connectivity index (χ4n) is 1.79. The molecule has 1 N–H and O–H groups in total. The maximum absolute atomic E-state index is 11.2. The summed E-state index contributed by atoms with van der Waals surface area (Å²) in [6.07, 6.45) is 0.636. The Bertz CT molecular complexity index is 196. The van der Waals surface area contributed by atoms with E-state index < -0.39 is 5.60 Å². The Balaban J connectivity index is 2.42. The largest absolute Gasteiger partial charge is 0.389 e. The van der Waals surface area contributed by atoms with Gasteiger partial charge in [0, 0.05) is 32.0 Å². The summed E-state index contributed by atoms with van der Waals surface area (Å²) in [6, 6.07) is 0. The first-order valence-corrected chi connectivity index (χ1v) is 4.86. The van der Waals surface area contributed by atoms with Crippen LogP contribution in [0.25, 0.3) is 0 Å². The van der Waals surface area contributed by atoms with Crippen molar-refractivity contribution in [3.8, 4) is 0 Å². The third-order valence-electron chi connectivity index (χ3n) is 2.37. The van der Waals surface area contributed by atoms with Gasteiger partial charge in [-0.2, -0.15) is 0 Å². The molecule has 0 spiro atoms. The van der Waals surface area contributed by atoms with Gasteiger partial charge in [0.25, 0.3) is 0 Å². The van der Waals surface area contributed by atoms with E-state index in [2.05, 4.69) is 4.90 Å². The third kappa shape index (κ3) is 3.44. The summed E-state index contributed by atoms with van der Waals surface area (Å²) in [5, 5.41) is 9.60. The van der Waals surface area contributed by atoms with Crippen LogP contribution < -0.4 is 0 Å². The zero-order valence-electron chi connectivity index (χ0n) is 8.71. The number of hydrogen-bond acceptors (Lipinski definition) is 3. The van der Waals surface area contributed by atoms with Crippen molar-refractivity contribution in [1.29, 1.82) is 0 Å². The molecule has 1 atom stereocenters. The van der Waals surface area contributed by atoms with Crippen LogP contribution in [0.2, 0.25) is 0 Å². The van der Waals surface area contributed by atoms with Gasteiger partial charge < -0.3 is 5.11 Å². The summed E-state index contributed by atoms with van der Waals surface area (Å²) in [6.45, 7) is 7.81. The summed E-state index contributed by atoms with van der Waals surface area (Å²) in [5.41, 5.74) is -0.653. The van der Waals surface area contributed by atoms with E-state index >= 15 is 0 Å². The molecule has 1 aliphatic heterocycles. The molecule has 3 nitrogen and oxygen atoms in total. The van der Waals surface area contributed by atoms with E-state index in [1.165, 1.54) is 0 Å². The Morgan fingerprint density at radius 1 is 1.62 bits per heavy atom. The monoisotopic (exact) mass is 185 g/mol. The van der Waals surface area contributed by atoms with E-state index in [1.54, 1.807) is 13.8 Å². The second-order valence-electron chi connectivity index (χ2n) is 4.66. The third-order valence-corrected chi connectivity index (χ3v) is 2.37. The Morgan fingerprint density at radius 2 is 2.23 bits per heavy atom. The molecule has 0 bridgehead atoms. The predicted molar refractivity (Wildman–Crippen MR) is 51.5 cm³/mol. The fraction of sp³-hybridized carbons (Fsp3) is 0.900. The summed E-state index contributed by atoms with van der Waals surface area (Å²) >= 11 is 0. The molecule has 0 aromatic carbocycles. The van der Waals surface area contributed by atoms with Crippen LogP contribution >= 0.6 is 0 Å². The van der Waals surface area contributed by atoms with E-state index in [4.69, 9.17) is 0 Å². The maximum Gasteiger partial charge on any atom is 0.138 e. The molecule has 76 valence electrons. The standard InChI is InChI=1S/C10H19NO2/c1-8-6-11(5-4-9(8)12)7-10(2,3)13/h8,13H,4-7H2,1-3H3. The lowest BCUT2D eigenvalue weighted by molar-refractivity contribution is -0.126. The molecule has 1 aliphatic rings. The number of hydrogen-bond donors (Lipinski definition) is 1. The molecule has 1 fully saturated rings. The number of carbonyl (C=O) groups excluding carboxylic acids is 1. The van der Waals surface area contributed by atoms with Crippen LogP contribution in [0.15, 0.2) is 0 Å². The number of carbonyl (C=O) groups is 1. The molecule has 0 aliphatic carbocycles. The Morgan fingerprint density at radius 3 is 2.69 bits per heavy atom. The summed E-state index contributed by atoms with van der Waals surface area (Å²) in [5.74, 6) is 0.489. The molecule has 0 aromatic rings. The Labute approximate surface area is 79.7 Å². The van der Waals surface area contributed by atoms with E-state index in [0.717, 1.165) is 13.1 Å². The van der Waals surface area contributed by atoms with E-state index in [1.807, 2.05) is 6.92 Å². The topological polar surface area (TPSA) is 40.5 Å². The van der Waals surface area contributed by atoms with Crippen molar-refractivity contribution in [2.45, 2.75) is 32.8 Å². The molecule has 0 saturated carbocycles. The van der Waals surface area contributed by atoms with Crippen LogP contribution in [0.3, 0.4) is 0 Å². The second-order valence-corrected chi connectivity index (χ2v) is 4.66. The van der Waals surface area contributed by atoms with Gasteiger partial charge >= 0.3 is 0 Å². The molecule has 1 saturated heterocycles. The zero-order valence-corrected chi connectivity index (χ0v) is 8.71. The zero-order chi connectivity index (χ0) is 10.1. The van der Waals surface area contributed by atoms with Gasteiger partial charge in [0.15, 0.2) is 0 Å². The first kappa shape index (κ1) is 10.7. The molecule has 13 heavy (non-hydrogen) atoms. The van der Waals surface area contributed by atoms with Crippen LogP contribution in [0.1, 0.15) is 27.2 Å². The highest BCUT2D eigenvalue weighted by Gasteiger charge is 2.26. The van der Waals surface area contributed by atoms with E-state index in [0.29, 0.717) is 18.7 Å². The van der Waals surface area contributed by atoms with Crippen molar-refractivity contribution in [1.82, 2.24) is 4.90 Å². The van der Waals surface area contributed by atoms with Crippen LogP contribution in [0, 0.1) is 5.92 Å². The van der Waals surface area contributed by atoms with Gasteiger partial charge in [-0.1, -0.05) is 6.92 Å². The number of β-amino-alcohol motifs (C(OH)–C–C–N with tert-alkyl or cyclic N) is 1. The van der Waals surface area contributed by atoms with Gasteiger partial charge in [-0.05, 0) is 13.8 Å². The normalized spacial score (nSPS) is 26.5. The molecule has 0 aromatic heterocycles. The van der Waals surface area contributed by atoms with Gasteiger partial charge in [-0.15, -0.1) is 0 Å². The van der Waals surface area contributed by atoms with Crippen molar-refractivity contribution in [2.75, 3.05) is 19.6 Å². The van der Waals surface area contributed by atoms with E-state index in [9.17, 15) is 9.90 Å². The molecule has 3 heteroatoms. The van der Waals surface area contributed by atoms with Gasteiger partial charge in [-0.25, -0.2) is 0 Å². The highest BCUT2D eigenvalue weighted by atomic mass is 16.3. The number of ketones is 1. The lowest BCUT2D eigenvalue weighted by atomic mass is 9.97. The van der Waals surface area contributed by atoms with Crippen LogP contribution in [-0.2, 0) is 4.79 Å². The smallest absolute Gasteiger partial charge is 0.138 e. The predicted octanol–water partition coefficient (Wildman–Crippen LogP) is 0.668. The molecule has 1 heterocycles. The van der Waals surface area contributed by atoms with Crippen molar-refractivity contribution < 1.29 is 9.90 Å². The highest BCUT2D eigenvalue weighted by molar-refractivity contribution is 5.81. The lowest BCUT2D eigenvalue weighted by Gasteiger charge is -2.33. The van der Waals surface area contributed by atoms with Crippen LogP contribution in [0.4, 0.5) is 0 Å². The van der Waals surface area contributed by atoms with Crippen molar-refractivity contribution in [3.63, 3.8) is 0 Å². The SMILES string of the molecule is CC1CN(CC(C)(C)O)CCC1=O. The maximum atomic E-state index is 11.2. The van der Waals surface area contributed by atoms with E-state index in [-0.39, 0.29) is 5.92 Å². The number of nitrogens with zero attached hydrogens (tertiary/aromatic N) is 1. The second kappa shape index (κ2) is 3.76. The summed E-state index contributed by atoms with van der Waals surface area (Å²) < 4.78 is 0. The average molecular weight is 185 g/mol. The van der Waals surface area contributed by atoms with Gasteiger partial charge in [0.05, 0.1) is 5.60 Å². The number of likely N-dealkylation sites (tertiary alicyclic amines) is 1. The molecule has 0 amide bonds. The first-order valence-electron chi connectivity index (χ1n) is 4.86. The van der Waals surface area contributed by atoms with Crippen molar-refractivity contribution >= 4 is 5.78 Å². The number of rotatable bonds is 2. The summed E-state index contributed by atoms with van der Waals surface area (Å²) in [7, 11) is 0. The number of aliphatic hydroxyl groups is 1. The number of piperidine rings is 1. The molecule has 0 radical (unpaired) electrons. The molecular formula is C10H19NO2. The van der Waals surface area contributed by atoms with Gasteiger partial charge in [0.1, 0.15) is 5.78 Å². The minimum atomic E-state index is -0.653. The minimum absolute atomic E-state index is 0.135. The Kier molecular flexibility index (Phi) is 3.09. The minimum Gasteiger partial charge on any atom is -0.389 e. The van der Waals surface area contributed by atoms with Crippen molar-refractivity contribution in [3.05, 3.63) is 0 Å². The highest BCUT2D eigenvalue weighted by Crippen LogP contribution is 2.14. The van der Waals surface area contributed by atoms with Crippen LogP contribution in [-0.4, -0.2) is 41.0 Å². The first-order chi connectivity index (χ1) is 5.88. The quantitative estimate of drug-likeness (QED) is 0.687. The Hall–Kier alpha value is -0.410. The summed E-state index contributed by atoms with van der Waals surface area (Å²) in [4.78, 5) is 13.4.